The van der Waals surface area contributed by atoms with Crippen molar-refractivity contribution in [2.24, 2.45) is 0 Å². The molecule has 0 spiro atoms. The van der Waals surface area contributed by atoms with Gasteiger partial charge in [0.25, 0.3) is 0 Å². The first-order valence-corrected chi connectivity index (χ1v) is 12.9. The van der Waals surface area contributed by atoms with Gasteiger partial charge in [0.15, 0.2) is 0 Å². The van der Waals surface area contributed by atoms with Gasteiger partial charge < -0.3 is 14.6 Å². The maximum atomic E-state index is 9.60. The van der Waals surface area contributed by atoms with E-state index < -0.39 is 5.79 Å². The second kappa shape index (κ2) is 21.0. The van der Waals surface area contributed by atoms with Crippen molar-refractivity contribution < 1.29 is 14.6 Å². The van der Waals surface area contributed by atoms with Crippen molar-refractivity contribution in [3.8, 4) is 0 Å². The molecule has 27 heavy (non-hydrogen) atoms. The highest BCUT2D eigenvalue weighted by Crippen LogP contribution is 2.21. The van der Waals surface area contributed by atoms with Gasteiger partial charge in [-0.2, -0.15) is 11.8 Å². The highest BCUT2D eigenvalue weighted by Gasteiger charge is 2.30. The Morgan fingerprint density at radius 2 is 1.04 bits per heavy atom. The highest BCUT2D eigenvalue weighted by molar-refractivity contribution is 7.99. The number of aliphatic hydroxyl groups is 1. The number of hydrogen-bond donors (Lipinski definition) is 1. The van der Waals surface area contributed by atoms with Gasteiger partial charge in [-0.15, -0.1) is 0 Å². The number of aliphatic hydroxyl groups excluding tert-OH is 1. The van der Waals surface area contributed by atoms with Crippen LogP contribution in [0.1, 0.15) is 111 Å². The van der Waals surface area contributed by atoms with Gasteiger partial charge in [0, 0.05) is 13.2 Å². The molecule has 0 atom stereocenters. The quantitative estimate of drug-likeness (QED) is 0.156. The molecule has 0 bridgehead atoms. The lowest BCUT2D eigenvalue weighted by Gasteiger charge is -2.31. The number of rotatable bonds is 22. The summed E-state index contributed by atoms with van der Waals surface area (Å²) in [6.07, 6.45) is 19.6. The van der Waals surface area contributed by atoms with Crippen LogP contribution in [0.4, 0.5) is 0 Å². The number of ether oxygens (including phenoxy) is 2. The minimum Gasteiger partial charge on any atom is -0.391 e. The molecule has 0 fully saturated rings. The normalized spacial score (nSPS) is 12.0. The Labute approximate surface area is 174 Å². The van der Waals surface area contributed by atoms with Gasteiger partial charge in [-0.25, -0.2) is 0 Å². The SMILES string of the molecule is CCCCCCCCCCCCCCCCSCC(CO)(OCC)OCC. The summed E-state index contributed by atoms with van der Waals surface area (Å²) in [6, 6.07) is 0. The van der Waals surface area contributed by atoms with E-state index in [1.807, 2.05) is 25.6 Å². The van der Waals surface area contributed by atoms with Gasteiger partial charge >= 0.3 is 0 Å². The van der Waals surface area contributed by atoms with Crippen LogP contribution < -0.4 is 0 Å². The van der Waals surface area contributed by atoms with Crippen molar-refractivity contribution >= 4 is 11.8 Å². The standard InChI is InChI=1S/C23H48O3S/c1-4-7-8-9-10-11-12-13-14-15-16-17-18-19-20-27-22-23(21-24,25-5-2)26-6-3/h24H,4-22H2,1-3H3. The van der Waals surface area contributed by atoms with Gasteiger partial charge in [-0.05, 0) is 26.0 Å². The maximum absolute atomic E-state index is 9.60. The third-order valence-electron chi connectivity index (χ3n) is 5.02. The molecule has 3 nitrogen and oxygen atoms in total. The summed E-state index contributed by atoms with van der Waals surface area (Å²) in [6.45, 7) is 7.25. The first kappa shape index (κ1) is 27.2. The van der Waals surface area contributed by atoms with Gasteiger partial charge in [0.1, 0.15) is 0 Å². The zero-order valence-electron chi connectivity index (χ0n) is 18.6. The summed E-state index contributed by atoms with van der Waals surface area (Å²) in [5.74, 6) is 1.04. The molecule has 0 aromatic rings. The lowest BCUT2D eigenvalue weighted by molar-refractivity contribution is -0.235. The lowest BCUT2D eigenvalue weighted by atomic mass is 10.0. The summed E-state index contributed by atoms with van der Waals surface area (Å²) < 4.78 is 11.3. The molecular weight excluding hydrogens is 356 g/mol. The fourth-order valence-corrected chi connectivity index (χ4v) is 4.54. The molecule has 4 heteroatoms. The third kappa shape index (κ3) is 16.9. The second-order valence-corrected chi connectivity index (χ2v) is 8.69. The van der Waals surface area contributed by atoms with Gasteiger partial charge in [-0.3, -0.25) is 0 Å². The Balaban J connectivity index is 3.37. The molecule has 0 aliphatic heterocycles. The molecule has 0 amide bonds. The summed E-state index contributed by atoms with van der Waals surface area (Å²) in [5, 5.41) is 9.60. The largest absolute Gasteiger partial charge is 0.391 e. The minimum absolute atomic E-state index is 0.0690. The summed E-state index contributed by atoms with van der Waals surface area (Å²) in [5.41, 5.74) is 0. The van der Waals surface area contributed by atoms with Crippen molar-refractivity contribution in [2.45, 2.75) is 116 Å². The predicted octanol–water partition coefficient (Wildman–Crippen LogP) is 6.96. The van der Waals surface area contributed by atoms with Gasteiger partial charge in [-0.1, -0.05) is 90.4 Å². The highest BCUT2D eigenvalue weighted by atomic mass is 32.2. The van der Waals surface area contributed by atoms with Crippen LogP contribution in [0, 0.1) is 0 Å². The zero-order valence-corrected chi connectivity index (χ0v) is 19.4. The van der Waals surface area contributed by atoms with E-state index in [0.717, 1.165) is 5.75 Å². The van der Waals surface area contributed by atoms with Crippen LogP contribution in [0.5, 0.6) is 0 Å². The molecule has 0 rings (SSSR count). The number of thioether (sulfide) groups is 1. The van der Waals surface area contributed by atoms with E-state index in [2.05, 4.69) is 6.92 Å². The number of hydrogen-bond acceptors (Lipinski definition) is 4. The van der Waals surface area contributed by atoms with Crippen LogP contribution in [0.3, 0.4) is 0 Å². The van der Waals surface area contributed by atoms with E-state index >= 15 is 0 Å². The van der Waals surface area contributed by atoms with Crippen LogP contribution in [-0.2, 0) is 9.47 Å². The molecule has 0 radical (unpaired) electrons. The van der Waals surface area contributed by atoms with Crippen molar-refractivity contribution in [3.63, 3.8) is 0 Å². The molecular formula is C23H48O3S. The molecule has 0 aliphatic carbocycles. The zero-order chi connectivity index (χ0) is 20.1. The third-order valence-corrected chi connectivity index (χ3v) is 6.24. The van der Waals surface area contributed by atoms with Crippen molar-refractivity contribution in [3.05, 3.63) is 0 Å². The molecule has 0 aromatic carbocycles. The Bertz CT molecular complexity index is 281. The predicted molar refractivity (Wildman–Crippen MR) is 121 cm³/mol. The van der Waals surface area contributed by atoms with Crippen LogP contribution in [-0.4, -0.2) is 42.2 Å². The van der Waals surface area contributed by atoms with Crippen LogP contribution in [0.25, 0.3) is 0 Å². The van der Waals surface area contributed by atoms with E-state index in [0.29, 0.717) is 19.0 Å². The Morgan fingerprint density at radius 1 is 0.630 bits per heavy atom. The van der Waals surface area contributed by atoms with Crippen LogP contribution in [0.15, 0.2) is 0 Å². The lowest BCUT2D eigenvalue weighted by Crippen LogP contribution is -2.43. The fourth-order valence-electron chi connectivity index (χ4n) is 3.41. The molecule has 0 unspecified atom stereocenters. The van der Waals surface area contributed by atoms with E-state index in [1.165, 1.54) is 89.9 Å². The summed E-state index contributed by atoms with van der Waals surface area (Å²) in [7, 11) is 0. The smallest absolute Gasteiger partial charge is 0.200 e. The molecule has 0 heterocycles. The maximum Gasteiger partial charge on any atom is 0.200 e. The van der Waals surface area contributed by atoms with Gasteiger partial charge in [0.2, 0.25) is 5.79 Å². The fraction of sp³-hybridized carbons (Fsp3) is 1.00. The topological polar surface area (TPSA) is 38.7 Å². The van der Waals surface area contributed by atoms with Crippen molar-refractivity contribution in [2.75, 3.05) is 31.3 Å². The van der Waals surface area contributed by atoms with E-state index in [-0.39, 0.29) is 6.61 Å². The molecule has 0 saturated heterocycles. The molecule has 0 saturated carbocycles. The van der Waals surface area contributed by atoms with Crippen molar-refractivity contribution in [1.82, 2.24) is 0 Å². The van der Waals surface area contributed by atoms with Crippen LogP contribution >= 0.6 is 11.8 Å². The molecule has 0 aliphatic rings. The first-order chi connectivity index (χ1) is 13.2. The van der Waals surface area contributed by atoms with Crippen molar-refractivity contribution in [1.29, 1.82) is 0 Å². The first-order valence-electron chi connectivity index (χ1n) is 11.7. The minimum atomic E-state index is -0.801. The van der Waals surface area contributed by atoms with E-state index in [1.54, 1.807) is 0 Å². The van der Waals surface area contributed by atoms with Crippen LogP contribution in [0.2, 0.25) is 0 Å². The van der Waals surface area contributed by atoms with E-state index in [9.17, 15) is 5.11 Å². The summed E-state index contributed by atoms with van der Waals surface area (Å²) >= 11 is 1.84. The monoisotopic (exact) mass is 404 g/mol. The van der Waals surface area contributed by atoms with E-state index in [4.69, 9.17) is 9.47 Å². The molecule has 1 N–H and O–H groups in total. The average molecular weight is 405 g/mol. The average Bonchev–Trinajstić information content (AvgIpc) is 2.68. The Morgan fingerprint density at radius 3 is 1.41 bits per heavy atom. The Hall–Kier alpha value is 0.230. The summed E-state index contributed by atoms with van der Waals surface area (Å²) in [4.78, 5) is 0. The molecule has 164 valence electrons. The number of unbranched alkanes of at least 4 members (excludes halogenated alkanes) is 13. The molecule has 0 aromatic heterocycles. The van der Waals surface area contributed by atoms with Gasteiger partial charge in [0.05, 0.1) is 12.4 Å². The Kier molecular flexibility index (Phi) is 21.1. The second-order valence-electron chi connectivity index (χ2n) is 7.58.